The molecule has 3 rings (SSSR count). The van der Waals surface area contributed by atoms with Crippen LogP contribution in [0.3, 0.4) is 0 Å². The SMILES string of the molecule is CCOc1ccc(N(CCC#N)C(=O)COC(=O)c2cc3cc(C)ccc3nc2C)cc1. The summed E-state index contributed by atoms with van der Waals surface area (Å²) in [6.45, 7) is 5.87. The number of aromatic nitrogens is 1. The maximum absolute atomic E-state index is 12.8. The van der Waals surface area contributed by atoms with Gasteiger partial charge in [-0.05, 0) is 63.2 Å². The van der Waals surface area contributed by atoms with Crippen LogP contribution in [0, 0.1) is 25.2 Å². The normalized spacial score (nSPS) is 10.4. The first-order valence-electron chi connectivity index (χ1n) is 10.4. The molecule has 0 fully saturated rings. The van der Waals surface area contributed by atoms with Gasteiger partial charge in [0.05, 0.1) is 35.9 Å². The van der Waals surface area contributed by atoms with Gasteiger partial charge < -0.3 is 14.4 Å². The molecule has 0 aliphatic heterocycles. The van der Waals surface area contributed by atoms with E-state index >= 15 is 0 Å². The molecule has 0 aliphatic carbocycles. The summed E-state index contributed by atoms with van der Waals surface area (Å²) in [6, 6.07) is 16.6. The van der Waals surface area contributed by atoms with Crippen molar-refractivity contribution in [1.82, 2.24) is 4.98 Å². The van der Waals surface area contributed by atoms with Crippen LogP contribution in [0.1, 0.15) is 35.0 Å². The Morgan fingerprint density at radius 2 is 1.84 bits per heavy atom. The molecule has 0 saturated heterocycles. The molecule has 3 aromatic rings. The minimum absolute atomic E-state index is 0.153. The lowest BCUT2D eigenvalue weighted by molar-refractivity contribution is -0.121. The average Bonchev–Trinajstić information content (AvgIpc) is 2.78. The molecule has 1 heterocycles. The van der Waals surface area contributed by atoms with Crippen molar-refractivity contribution in [3.8, 4) is 11.8 Å². The molecule has 0 aliphatic rings. The minimum Gasteiger partial charge on any atom is -0.494 e. The van der Waals surface area contributed by atoms with Gasteiger partial charge in [0.15, 0.2) is 6.61 Å². The Labute approximate surface area is 187 Å². The third kappa shape index (κ3) is 5.41. The number of nitrogens with zero attached hydrogens (tertiary/aromatic N) is 3. The lowest BCUT2D eigenvalue weighted by Crippen LogP contribution is -2.35. The van der Waals surface area contributed by atoms with Crippen molar-refractivity contribution in [3.63, 3.8) is 0 Å². The zero-order chi connectivity index (χ0) is 23.1. The third-order valence-corrected chi connectivity index (χ3v) is 4.92. The number of rotatable bonds is 8. The van der Waals surface area contributed by atoms with Gasteiger partial charge in [-0.25, -0.2) is 4.79 Å². The molecule has 0 spiro atoms. The number of aryl methyl sites for hydroxylation is 2. The molecule has 32 heavy (non-hydrogen) atoms. The molecule has 0 atom stereocenters. The molecule has 0 radical (unpaired) electrons. The standard InChI is InChI=1S/C25H25N3O4/c1-4-31-21-9-7-20(8-10-21)28(13-5-12-26)24(29)16-32-25(30)22-15-19-14-17(2)6-11-23(19)27-18(22)3/h6-11,14-15H,4-5,13,16H2,1-3H3. The van der Waals surface area contributed by atoms with E-state index in [0.717, 1.165) is 16.5 Å². The Balaban J connectivity index is 1.74. The van der Waals surface area contributed by atoms with Gasteiger partial charge in [0.25, 0.3) is 5.91 Å². The molecular weight excluding hydrogens is 406 g/mol. The molecule has 1 aromatic heterocycles. The van der Waals surface area contributed by atoms with Gasteiger partial charge >= 0.3 is 5.97 Å². The summed E-state index contributed by atoms with van der Waals surface area (Å²) >= 11 is 0. The van der Waals surface area contributed by atoms with E-state index < -0.39 is 18.5 Å². The second-order valence-electron chi connectivity index (χ2n) is 7.27. The largest absolute Gasteiger partial charge is 0.494 e. The summed E-state index contributed by atoms with van der Waals surface area (Å²) in [5, 5.41) is 9.79. The van der Waals surface area contributed by atoms with Crippen molar-refractivity contribution in [3.05, 3.63) is 65.4 Å². The van der Waals surface area contributed by atoms with E-state index in [0.29, 0.717) is 29.3 Å². The number of fused-ring (bicyclic) bond motifs is 1. The van der Waals surface area contributed by atoms with Crippen LogP contribution in [0.25, 0.3) is 10.9 Å². The van der Waals surface area contributed by atoms with Gasteiger partial charge in [0.2, 0.25) is 0 Å². The van der Waals surface area contributed by atoms with Crippen LogP contribution in [-0.4, -0.2) is 36.6 Å². The zero-order valence-electron chi connectivity index (χ0n) is 18.4. The van der Waals surface area contributed by atoms with Crippen molar-refractivity contribution >= 4 is 28.5 Å². The van der Waals surface area contributed by atoms with Gasteiger partial charge in [-0.15, -0.1) is 0 Å². The summed E-state index contributed by atoms with van der Waals surface area (Å²) in [4.78, 5) is 31.4. The number of pyridine rings is 1. The van der Waals surface area contributed by atoms with Crippen LogP contribution in [0.15, 0.2) is 48.5 Å². The van der Waals surface area contributed by atoms with E-state index in [1.54, 1.807) is 37.3 Å². The molecule has 7 nitrogen and oxygen atoms in total. The summed E-state index contributed by atoms with van der Waals surface area (Å²) in [5.74, 6) is -0.344. The summed E-state index contributed by atoms with van der Waals surface area (Å²) < 4.78 is 10.7. The first kappa shape index (κ1) is 22.8. The van der Waals surface area contributed by atoms with Crippen molar-refractivity contribution in [1.29, 1.82) is 5.26 Å². The molecule has 2 aromatic carbocycles. The van der Waals surface area contributed by atoms with E-state index in [2.05, 4.69) is 4.98 Å². The number of nitriles is 1. The van der Waals surface area contributed by atoms with Crippen molar-refractivity contribution in [2.24, 2.45) is 0 Å². The Morgan fingerprint density at radius 1 is 1.09 bits per heavy atom. The molecule has 164 valence electrons. The van der Waals surface area contributed by atoms with E-state index in [1.165, 1.54) is 4.90 Å². The topological polar surface area (TPSA) is 92.5 Å². The number of carbonyl (C=O) groups is 2. The summed E-state index contributed by atoms with van der Waals surface area (Å²) in [5.41, 5.74) is 3.30. The number of esters is 1. The first-order chi connectivity index (χ1) is 15.4. The number of benzene rings is 2. The maximum Gasteiger partial charge on any atom is 0.340 e. The van der Waals surface area contributed by atoms with Crippen molar-refractivity contribution < 1.29 is 19.1 Å². The van der Waals surface area contributed by atoms with E-state index in [-0.39, 0.29) is 13.0 Å². The monoisotopic (exact) mass is 431 g/mol. The van der Waals surface area contributed by atoms with E-state index in [9.17, 15) is 9.59 Å². The van der Waals surface area contributed by atoms with Crippen LogP contribution >= 0.6 is 0 Å². The number of amides is 1. The van der Waals surface area contributed by atoms with Gasteiger partial charge in [-0.3, -0.25) is 9.78 Å². The molecule has 0 saturated carbocycles. The van der Waals surface area contributed by atoms with E-state index in [4.69, 9.17) is 14.7 Å². The van der Waals surface area contributed by atoms with Gasteiger partial charge in [0.1, 0.15) is 5.75 Å². The quantitative estimate of drug-likeness (QED) is 0.492. The number of carbonyl (C=O) groups excluding carboxylic acids is 2. The predicted molar refractivity (Wildman–Crippen MR) is 122 cm³/mol. The highest BCUT2D eigenvalue weighted by molar-refractivity contribution is 5.99. The highest BCUT2D eigenvalue weighted by Gasteiger charge is 2.20. The van der Waals surface area contributed by atoms with Crippen LogP contribution in [0.2, 0.25) is 0 Å². The fraction of sp³-hybridized carbons (Fsp3) is 0.280. The van der Waals surface area contributed by atoms with Crippen LogP contribution < -0.4 is 9.64 Å². The van der Waals surface area contributed by atoms with Crippen LogP contribution in [0.4, 0.5) is 5.69 Å². The van der Waals surface area contributed by atoms with Crippen LogP contribution in [0.5, 0.6) is 5.75 Å². The van der Waals surface area contributed by atoms with Gasteiger partial charge in [0, 0.05) is 17.6 Å². The van der Waals surface area contributed by atoms with Gasteiger partial charge in [-0.1, -0.05) is 11.6 Å². The number of ether oxygens (including phenoxy) is 2. The second kappa shape index (κ2) is 10.4. The van der Waals surface area contributed by atoms with Crippen LogP contribution in [-0.2, 0) is 9.53 Å². The molecular formula is C25H25N3O4. The second-order valence-corrected chi connectivity index (χ2v) is 7.27. The van der Waals surface area contributed by atoms with Crippen molar-refractivity contribution in [2.45, 2.75) is 27.2 Å². The average molecular weight is 431 g/mol. The maximum atomic E-state index is 12.8. The molecule has 0 unspecified atom stereocenters. The van der Waals surface area contributed by atoms with Crippen molar-refractivity contribution in [2.75, 3.05) is 24.7 Å². The number of anilines is 1. The highest BCUT2D eigenvalue weighted by Crippen LogP contribution is 2.21. The molecule has 1 amide bonds. The summed E-state index contributed by atoms with van der Waals surface area (Å²) in [6.07, 6.45) is 0.153. The Morgan fingerprint density at radius 3 is 2.53 bits per heavy atom. The minimum atomic E-state index is -0.612. The van der Waals surface area contributed by atoms with E-state index in [1.807, 2.05) is 38.1 Å². The molecule has 0 bridgehead atoms. The number of hydrogen-bond acceptors (Lipinski definition) is 6. The Hall–Kier alpha value is -3.92. The number of hydrogen-bond donors (Lipinski definition) is 0. The predicted octanol–water partition coefficient (Wildman–Crippen LogP) is 4.35. The van der Waals surface area contributed by atoms with Gasteiger partial charge in [-0.2, -0.15) is 5.26 Å². The Kier molecular flexibility index (Phi) is 7.40. The molecule has 0 N–H and O–H groups in total. The first-order valence-corrected chi connectivity index (χ1v) is 10.4. The summed E-state index contributed by atoms with van der Waals surface area (Å²) in [7, 11) is 0. The smallest absolute Gasteiger partial charge is 0.340 e. The lowest BCUT2D eigenvalue weighted by atomic mass is 10.1. The highest BCUT2D eigenvalue weighted by atomic mass is 16.5. The lowest BCUT2D eigenvalue weighted by Gasteiger charge is -2.22. The fourth-order valence-corrected chi connectivity index (χ4v) is 3.33. The third-order valence-electron chi connectivity index (χ3n) is 4.92. The molecule has 7 heteroatoms. The zero-order valence-corrected chi connectivity index (χ0v) is 18.4. The Bertz CT molecular complexity index is 1170. The fourth-order valence-electron chi connectivity index (χ4n) is 3.33.